The van der Waals surface area contributed by atoms with Crippen LogP contribution in [0.3, 0.4) is 0 Å². The molecular formula is C19H24N6O. The Hall–Kier alpha value is -2.51. The number of nitrogens with zero attached hydrogens (tertiary/aromatic N) is 6. The molecule has 1 fully saturated rings. The molecule has 26 heavy (non-hydrogen) atoms. The largest absolute Gasteiger partial charge is 0.388 e. The number of benzene rings is 1. The number of rotatable bonds is 5. The predicted molar refractivity (Wildman–Crippen MR) is 97.7 cm³/mol. The van der Waals surface area contributed by atoms with E-state index in [1.54, 1.807) is 6.20 Å². The smallest absolute Gasteiger partial charge is 0.158 e. The lowest BCUT2D eigenvalue weighted by molar-refractivity contribution is 0.200. The third-order valence-corrected chi connectivity index (χ3v) is 5.24. The van der Waals surface area contributed by atoms with Crippen LogP contribution in [0.2, 0.25) is 0 Å². The van der Waals surface area contributed by atoms with Gasteiger partial charge in [-0.25, -0.2) is 4.98 Å². The van der Waals surface area contributed by atoms with E-state index in [1.165, 1.54) is 5.56 Å². The van der Waals surface area contributed by atoms with Crippen molar-refractivity contribution in [2.45, 2.75) is 31.9 Å². The number of hydrogen-bond donors (Lipinski definition) is 1. The third-order valence-electron chi connectivity index (χ3n) is 5.24. The molecule has 1 aliphatic rings. The summed E-state index contributed by atoms with van der Waals surface area (Å²) in [5, 5.41) is 17.6. The zero-order valence-corrected chi connectivity index (χ0v) is 15.0. The van der Waals surface area contributed by atoms with Gasteiger partial charge in [0.05, 0.1) is 6.33 Å². The molecule has 0 radical (unpaired) electrons. The highest BCUT2D eigenvalue weighted by Crippen LogP contribution is 2.27. The van der Waals surface area contributed by atoms with Crippen molar-refractivity contribution in [3.05, 3.63) is 60.2 Å². The standard InChI is InChI=1S/C19H24N6O/c1-23-18(13-26)21-22-19(23)16-6-9-24(10-7-16)12-15-2-4-17(5-3-15)25-11-8-20-14-25/h2-5,8,11,14,16,26H,6-7,9-10,12-13H2,1H3. The SMILES string of the molecule is Cn1c(CO)nnc1C1CCN(Cc2ccc(-n3ccnc3)cc2)CC1. The molecule has 7 heteroatoms. The van der Waals surface area contributed by atoms with Gasteiger partial charge < -0.3 is 14.2 Å². The fourth-order valence-corrected chi connectivity index (χ4v) is 3.66. The van der Waals surface area contributed by atoms with Gasteiger partial charge in [-0.05, 0) is 43.6 Å². The van der Waals surface area contributed by atoms with Gasteiger partial charge in [-0.15, -0.1) is 10.2 Å². The van der Waals surface area contributed by atoms with Crippen LogP contribution in [0.5, 0.6) is 0 Å². The maximum Gasteiger partial charge on any atom is 0.158 e. The van der Waals surface area contributed by atoms with Crippen molar-refractivity contribution in [3.8, 4) is 5.69 Å². The zero-order valence-electron chi connectivity index (χ0n) is 15.0. The number of hydrogen-bond acceptors (Lipinski definition) is 5. The van der Waals surface area contributed by atoms with Crippen LogP contribution in [0.4, 0.5) is 0 Å². The van der Waals surface area contributed by atoms with Crippen molar-refractivity contribution >= 4 is 0 Å². The molecule has 1 aliphatic heterocycles. The Kier molecular flexibility index (Phi) is 4.81. The van der Waals surface area contributed by atoms with Crippen LogP contribution in [0.15, 0.2) is 43.0 Å². The number of piperidine rings is 1. The molecule has 3 aromatic rings. The van der Waals surface area contributed by atoms with E-state index in [9.17, 15) is 5.11 Å². The van der Waals surface area contributed by atoms with Gasteiger partial charge in [0.25, 0.3) is 0 Å². The van der Waals surface area contributed by atoms with Crippen molar-refractivity contribution < 1.29 is 5.11 Å². The van der Waals surface area contributed by atoms with E-state index in [-0.39, 0.29) is 6.61 Å². The lowest BCUT2D eigenvalue weighted by Crippen LogP contribution is -2.33. The predicted octanol–water partition coefficient (Wildman–Crippen LogP) is 1.87. The number of aromatic nitrogens is 5. The molecule has 0 bridgehead atoms. The second kappa shape index (κ2) is 7.39. The van der Waals surface area contributed by atoms with E-state index in [4.69, 9.17) is 0 Å². The first kappa shape index (κ1) is 16.9. The van der Waals surface area contributed by atoms with Crippen LogP contribution in [0.25, 0.3) is 5.69 Å². The zero-order chi connectivity index (χ0) is 17.9. The highest BCUT2D eigenvalue weighted by Gasteiger charge is 2.25. The molecule has 0 unspecified atom stereocenters. The minimum absolute atomic E-state index is 0.0581. The summed E-state index contributed by atoms with van der Waals surface area (Å²) in [6.45, 7) is 3.01. The first-order valence-electron chi connectivity index (χ1n) is 9.03. The van der Waals surface area contributed by atoms with Crippen molar-refractivity contribution in [2.24, 2.45) is 7.05 Å². The Morgan fingerprint density at radius 3 is 2.50 bits per heavy atom. The fourth-order valence-electron chi connectivity index (χ4n) is 3.66. The van der Waals surface area contributed by atoms with Crippen molar-refractivity contribution in [2.75, 3.05) is 13.1 Å². The van der Waals surface area contributed by atoms with Crippen LogP contribution in [0, 0.1) is 0 Å². The van der Waals surface area contributed by atoms with E-state index >= 15 is 0 Å². The Morgan fingerprint density at radius 2 is 1.88 bits per heavy atom. The summed E-state index contributed by atoms with van der Waals surface area (Å²) in [4.78, 5) is 6.58. The minimum atomic E-state index is -0.0581. The summed E-state index contributed by atoms with van der Waals surface area (Å²) in [7, 11) is 1.94. The van der Waals surface area contributed by atoms with Crippen LogP contribution < -0.4 is 0 Å². The molecule has 0 aliphatic carbocycles. The average Bonchev–Trinajstić information content (AvgIpc) is 3.33. The summed E-state index contributed by atoms with van der Waals surface area (Å²) in [6, 6.07) is 8.66. The molecule has 0 spiro atoms. The van der Waals surface area contributed by atoms with Gasteiger partial charge in [0, 0.05) is 37.6 Å². The van der Waals surface area contributed by atoms with Crippen LogP contribution in [-0.4, -0.2) is 47.4 Å². The molecular weight excluding hydrogens is 328 g/mol. The van der Waals surface area contributed by atoms with Gasteiger partial charge in [-0.2, -0.15) is 0 Å². The first-order valence-corrected chi connectivity index (χ1v) is 9.03. The Balaban J connectivity index is 1.34. The normalized spacial score (nSPS) is 16.2. The van der Waals surface area contributed by atoms with Crippen LogP contribution in [0.1, 0.15) is 36.0 Å². The van der Waals surface area contributed by atoms with Gasteiger partial charge in [-0.3, -0.25) is 4.90 Å². The monoisotopic (exact) mass is 352 g/mol. The summed E-state index contributed by atoms with van der Waals surface area (Å²) in [6.07, 6.45) is 7.71. The molecule has 1 N–H and O–H groups in total. The molecule has 1 saturated heterocycles. The van der Waals surface area contributed by atoms with Crippen molar-refractivity contribution in [1.29, 1.82) is 0 Å². The quantitative estimate of drug-likeness (QED) is 0.759. The molecule has 7 nitrogen and oxygen atoms in total. The van der Waals surface area contributed by atoms with E-state index in [1.807, 2.05) is 28.7 Å². The number of aliphatic hydroxyl groups is 1. The molecule has 3 heterocycles. The summed E-state index contributed by atoms with van der Waals surface area (Å²) < 4.78 is 3.95. The molecule has 136 valence electrons. The molecule has 1 aromatic carbocycles. The van der Waals surface area contributed by atoms with Gasteiger partial charge in [-0.1, -0.05) is 12.1 Å². The van der Waals surface area contributed by atoms with Crippen LogP contribution in [-0.2, 0) is 20.2 Å². The molecule has 4 rings (SSSR count). The second-order valence-corrected chi connectivity index (χ2v) is 6.88. The molecule has 0 amide bonds. The maximum absolute atomic E-state index is 9.28. The summed E-state index contributed by atoms with van der Waals surface area (Å²) in [5.41, 5.74) is 2.46. The number of imidazole rings is 1. The van der Waals surface area contributed by atoms with Gasteiger partial charge in [0.15, 0.2) is 5.82 Å². The minimum Gasteiger partial charge on any atom is -0.388 e. The maximum atomic E-state index is 9.28. The fraction of sp³-hybridized carbons (Fsp3) is 0.421. The third kappa shape index (κ3) is 3.40. The first-order chi connectivity index (χ1) is 12.7. The van der Waals surface area contributed by atoms with Crippen molar-refractivity contribution in [3.63, 3.8) is 0 Å². The topological polar surface area (TPSA) is 72.0 Å². The average molecular weight is 352 g/mol. The summed E-state index contributed by atoms with van der Waals surface area (Å²) in [5.74, 6) is 2.06. The molecule has 0 saturated carbocycles. The number of likely N-dealkylation sites (tertiary alicyclic amines) is 1. The Bertz CT molecular complexity index is 832. The van der Waals surface area contributed by atoms with Crippen LogP contribution >= 0.6 is 0 Å². The lowest BCUT2D eigenvalue weighted by Gasteiger charge is -2.31. The lowest BCUT2D eigenvalue weighted by atomic mass is 9.95. The second-order valence-electron chi connectivity index (χ2n) is 6.88. The Labute approximate surface area is 152 Å². The number of aliphatic hydroxyl groups excluding tert-OH is 1. The van der Waals surface area contributed by atoms with E-state index < -0.39 is 0 Å². The molecule has 2 aromatic heterocycles. The van der Waals surface area contributed by atoms with E-state index in [0.29, 0.717) is 11.7 Å². The van der Waals surface area contributed by atoms with E-state index in [2.05, 4.69) is 44.3 Å². The Morgan fingerprint density at radius 1 is 1.12 bits per heavy atom. The van der Waals surface area contributed by atoms with Gasteiger partial charge in [0.2, 0.25) is 0 Å². The van der Waals surface area contributed by atoms with Gasteiger partial charge >= 0.3 is 0 Å². The highest BCUT2D eigenvalue weighted by atomic mass is 16.3. The van der Waals surface area contributed by atoms with Crippen molar-refractivity contribution in [1.82, 2.24) is 29.2 Å². The van der Waals surface area contributed by atoms with E-state index in [0.717, 1.165) is 44.0 Å². The van der Waals surface area contributed by atoms with Gasteiger partial charge in [0.1, 0.15) is 12.4 Å². The molecule has 0 atom stereocenters. The highest BCUT2D eigenvalue weighted by molar-refractivity contribution is 5.34. The summed E-state index contributed by atoms with van der Waals surface area (Å²) >= 11 is 0.